The second-order valence-corrected chi connectivity index (χ2v) is 5.15. The molecule has 6 heteroatoms. The van der Waals surface area contributed by atoms with Crippen molar-refractivity contribution < 1.29 is 19.4 Å². The maximum Gasteiger partial charge on any atom is 0.306 e. The molecule has 0 aromatic heterocycles. The molecule has 0 saturated carbocycles. The first-order chi connectivity index (χ1) is 8.97. The van der Waals surface area contributed by atoms with Gasteiger partial charge >= 0.3 is 5.97 Å². The van der Waals surface area contributed by atoms with Crippen molar-refractivity contribution >= 4 is 11.9 Å². The third kappa shape index (κ3) is 4.47. The van der Waals surface area contributed by atoms with Gasteiger partial charge in [-0.25, -0.2) is 0 Å². The van der Waals surface area contributed by atoms with Gasteiger partial charge in [0.2, 0.25) is 5.91 Å². The van der Waals surface area contributed by atoms with E-state index in [0.29, 0.717) is 26.2 Å². The van der Waals surface area contributed by atoms with Crippen LogP contribution in [0.3, 0.4) is 0 Å². The van der Waals surface area contributed by atoms with Crippen LogP contribution in [0.4, 0.5) is 0 Å². The summed E-state index contributed by atoms with van der Waals surface area (Å²) in [5.74, 6) is -0.951. The number of carboxylic acids is 1. The lowest BCUT2D eigenvalue weighted by Gasteiger charge is -2.44. The molecule has 2 N–H and O–H groups in total. The lowest BCUT2D eigenvalue weighted by atomic mass is 9.86. The van der Waals surface area contributed by atoms with Crippen LogP contribution in [0, 0.1) is 11.8 Å². The van der Waals surface area contributed by atoms with Gasteiger partial charge in [0.15, 0.2) is 0 Å². The van der Waals surface area contributed by atoms with Crippen LogP contribution in [-0.4, -0.2) is 61.3 Å². The molecule has 0 aromatic carbocycles. The van der Waals surface area contributed by atoms with E-state index in [-0.39, 0.29) is 23.8 Å². The van der Waals surface area contributed by atoms with Gasteiger partial charge in [0, 0.05) is 33.4 Å². The minimum absolute atomic E-state index is 0.00229. The summed E-state index contributed by atoms with van der Waals surface area (Å²) in [4.78, 5) is 24.7. The Balaban J connectivity index is 2.23. The molecule has 1 rings (SSSR count). The second kappa shape index (κ2) is 7.45. The Morgan fingerprint density at radius 1 is 1.42 bits per heavy atom. The quantitative estimate of drug-likeness (QED) is 0.616. The number of carbonyl (C=O) groups is 2. The Hall–Kier alpha value is -1.14. The molecule has 0 aliphatic carbocycles. The highest BCUT2D eigenvalue weighted by Crippen LogP contribution is 2.25. The highest BCUT2D eigenvalue weighted by Gasteiger charge is 2.38. The zero-order valence-corrected chi connectivity index (χ0v) is 11.9. The van der Waals surface area contributed by atoms with Gasteiger partial charge in [-0.2, -0.15) is 0 Å². The van der Waals surface area contributed by atoms with E-state index in [4.69, 9.17) is 9.84 Å². The molecule has 1 saturated heterocycles. The highest BCUT2D eigenvalue weighted by atomic mass is 16.5. The molecule has 0 aromatic rings. The van der Waals surface area contributed by atoms with E-state index >= 15 is 0 Å². The van der Waals surface area contributed by atoms with Crippen molar-refractivity contribution in [3.63, 3.8) is 0 Å². The van der Waals surface area contributed by atoms with Crippen molar-refractivity contribution in [2.45, 2.75) is 26.3 Å². The average Bonchev–Trinajstić information content (AvgIpc) is 2.32. The number of nitrogens with one attached hydrogen (secondary N) is 1. The molecule has 1 fully saturated rings. The molecular weight excluding hydrogens is 248 g/mol. The fourth-order valence-corrected chi connectivity index (χ4v) is 2.12. The Labute approximate surface area is 114 Å². The fraction of sp³-hybridized carbons (Fsp3) is 0.846. The monoisotopic (exact) mass is 272 g/mol. The number of methoxy groups -OCH3 is 1. The average molecular weight is 272 g/mol. The first kappa shape index (κ1) is 15.9. The number of hydrogen-bond donors (Lipinski definition) is 2. The summed E-state index contributed by atoms with van der Waals surface area (Å²) in [6.07, 6.45) is 0.799. The second-order valence-electron chi connectivity index (χ2n) is 5.15. The van der Waals surface area contributed by atoms with E-state index in [2.05, 4.69) is 5.32 Å². The number of carboxylic acid groups (broad SMARTS) is 1. The molecular formula is C13H24N2O4. The molecule has 1 aliphatic rings. The highest BCUT2D eigenvalue weighted by molar-refractivity contribution is 5.81. The SMILES string of the molecule is COCCCNC(=O)C(C)N1CC(C(C)C(=O)O)C1. The van der Waals surface area contributed by atoms with Crippen LogP contribution in [0.15, 0.2) is 0 Å². The summed E-state index contributed by atoms with van der Waals surface area (Å²) in [6.45, 7) is 6.18. The number of likely N-dealkylation sites (tertiary alicyclic amines) is 1. The van der Waals surface area contributed by atoms with Crippen molar-refractivity contribution in [1.82, 2.24) is 10.2 Å². The van der Waals surface area contributed by atoms with Crippen LogP contribution in [0.25, 0.3) is 0 Å². The van der Waals surface area contributed by atoms with Crippen molar-refractivity contribution in [2.24, 2.45) is 11.8 Å². The van der Waals surface area contributed by atoms with Gasteiger partial charge in [-0.1, -0.05) is 6.92 Å². The molecule has 110 valence electrons. The van der Waals surface area contributed by atoms with Crippen molar-refractivity contribution in [3.8, 4) is 0 Å². The van der Waals surface area contributed by atoms with Crippen LogP contribution in [0.5, 0.6) is 0 Å². The number of carbonyl (C=O) groups excluding carboxylic acids is 1. The predicted octanol–water partition coefficient (Wildman–Crippen LogP) is 0.180. The maximum atomic E-state index is 11.8. The van der Waals surface area contributed by atoms with E-state index < -0.39 is 5.97 Å². The Morgan fingerprint density at radius 2 is 2.05 bits per heavy atom. The smallest absolute Gasteiger partial charge is 0.306 e. The zero-order chi connectivity index (χ0) is 14.4. The van der Waals surface area contributed by atoms with Crippen molar-refractivity contribution in [2.75, 3.05) is 33.4 Å². The molecule has 1 amide bonds. The van der Waals surface area contributed by atoms with Gasteiger partial charge < -0.3 is 15.2 Å². The molecule has 0 spiro atoms. The van der Waals surface area contributed by atoms with Gasteiger partial charge in [0.25, 0.3) is 0 Å². The van der Waals surface area contributed by atoms with Crippen molar-refractivity contribution in [1.29, 1.82) is 0 Å². The van der Waals surface area contributed by atoms with E-state index in [1.54, 1.807) is 14.0 Å². The van der Waals surface area contributed by atoms with Gasteiger partial charge in [-0.3, -0.25) is 14.5 Å². The molecule has 1 aliphatic heterocycles. The minimum atomic E-state index is -0.763. The summed E-state index contributed by atoms with van der Waals surface area (Å²) in [5, 5.41) is 11.8. The minimum Gasteiger partial charge on any atom is -0.481 e. The number of amides is 1. The van der Waals surface area contributed by atoms with Gasteiger partial charge in [0.05, 0.1) is 12.0 Å². The third-order valence-corrected chi connectivity index (χ3v) is 3.79. The predicted molar refractivity (Wildman–Crippen MR) is 70.8 cm³/mol. The number of nitrogens with zero attached hydrogens (tertiary/aromatic N) is 1. The Bertz CT molecular complexity index is 316. The topological polar surface area (TPSA) is 78.9 Å². The van der Waals surface area contributed by atoms with E-state index in [0.717, 1.165) is 6.42 Å². The number of rotatable bonds is 8. The summed E-state index contributed by atoms with van der Waals surface area (Å²) in [5.41, 5.74) is 0. The molecule has 19 heavy (non-hydrogen) atoms. The summed E-state index contributed by atoms with van der Waals surface area (Å²) in [7, 11) is 1.63. The van der Waals surface area contributed by atoms with Crippen LogP contribution in [0.2, 0.25) is 0 Å². The first-order valence-electron chi connectivity index (χ1n) is 6.70. The Kier molecular flexibility index (Phi) is 6.24. The summed E-state index contributed by atoms with van der Waals surface area (Å²) >= 11 is 0. The largest absolute Gasteiger partial charge is 0.481 e. The molecule has 0 radical (unpaired) electrons. The van der Waals surface area contributed by atoms with Gasteiger partial charge in [-0.05, 0) is 19.3 Å². The lowest BCUT2D eigenvalue weighted by Crippen LogP contribution is -2.58. The van der Waals surface area contributed by atoms with Crippen LogP contribution >= 0.6 is 0 Å². The van der Waals surface area contributed by atoms with E-state index in [1.165, 1.54) is 0 Å². The number of hydrogen-bond acceptors (Lipinski definition) is 4. The van der Waals surface area contributed by atoms with Gasteiger partial charge in [-0.15, -0.1) is 0 Å². The molecule has 2 atom stereocenters. The maximum absolute atomic E-state index is 11.8. The Morgan fingerprint density at radius 3 is 2.58 bits per heavy atom. The molecule has 0 bridgehead atoms. The number of aliphatic carboxylic acids is 1. The lowest BCUT2D eigenvalue weighted by molar-refractivity contribution is -0.146. The molecule has 2 unspecified atom stereocenters. The summed E-state index contributed by atoms with van der Waals surface area (Å²) < 4.78 is 4.91. The third-order valence-electron chi connectivity index (χ3n) is 3.79. The van der Waals surface area contributed by atoms with Crippen LogP contribution < -0.4 is 5.32 Å². The van der Waals surface area contributed by atoms with Gasteiger partial charge in [0.1, 0.15) is 0 Å². The summed E-state index contributed by atoms with van der Waals surface area (Å²) in [6, 6.07) is -0.195. The molecule has 1 heterocycles. The normalized spacial score (nSPS) is 19.5. The van der Waals surface area contributed by atoms with Crippen LogP contribution in [-0.2, 0) is 14.3 Å². The fourth-order valence-electron chi connectivity index (χ4n) is 2.12. The first-order valence-corrected chi connectivity index (χ1v) is 6.70. The van der Waals surface area contributed by atoms with Crippen molar-refractivity contribution in [3.05, 3.63) is 0 Å². The van der Waals surface area contributed by atoms with E-state index in [1.807, 2.05) is 11.8 Å². The molecule has 6 nitrogen and oxygen atoms in total. The standard InChI is InChI=1S/C13H24N2O4/c1-9(13(17)18)11-7-15(8-11)10(2)12(16)14-5-4-6-19-3/h9-11H,4-8H2,1-3H3,(H,14,16)(H,17,18). The number of ether oxygens (including phenoxy) is 1. The van der Waals surface area contributed by atoms with E-state index in [9.17, 15) is 9.59 Å². The van der Waals surface area contributed by atoms with Crippen LogP contribution in [0.1, 0.15) is 20.3 Å². The zero-order valence-electron chi connectivity index (χ0n) is 11.9.